The van der Waals surface area contributed by atoms with E-state index in [-0.39, 0.29) is 33.4 Å². The summed E-state index contributed by atoms with van der Waals surface area (Å²) in [4.78, 5) is 22.9. The Bertz CT molecular complexity index is 636. The third-order valence-electron chi connectivity index (χ3n) is 2.32. The van der Waals surface area contributed by atoms with E-state index in [0.717, 1.165) is 17.6 Å². The van der Waals surface area contributed by atoms with Gasteiger partial charge in [-0.3, -0.25) is 4.79 Å². The first-order valence-corrected chi connectivity index (χ1v) is 8.27. The van der Waals surface area contributed by atoms with E-state index < -0.39 is 21.7 Å². The Balaban J connectivity index is 3.08. The van der Waals surface area contributed by atoms with Crippen molar-refractivity contribution in [1.29, 1.82) is 0 Å². The quantitative estimate of drug-likeness (QED) is 0.609. The summed E-state index contributed by atoms with van der Waals surface area (Å²) in [6.07, 6.45) is 1.09. The summed E-state index contributed by atoms with van der Waals surface area (Å²) in [6.45, 7) is 0.0704. The number of methoxy groups -OCH3 is 1. The van der Waals surface area contributed by atoms with E-state index in [0.29, 0.717) is 0 Å². The zero-order valence-corrected chi connectivity index (χ0v) is 12.6. The number of carbonyl (C=O) groups is 2. The number of nitrogen functional groups attached to an aromatic ring is 1. The fourth-order valence-electron chi connectivity index (χ4n) is 1.41. The molecule has 1 amide bonds. The summed E-state index contributed by atoms with van der Waals surface area (Å²) in [6, 6.07) is 0. The summed E-state index contributed by atoms with van der Waals surface area (Å²) >= 11 is 0.882. The second kappa shape index (κ2) is 6.09. The van der Waals surface area contributed by atoms with Crippen LogP contribution in [0.2, 0.25) is 0 Å². The first-order chi connectivity index (χ1) is 9.17. The first-order valence-electron chi connectivity index (χ1n) is 5.39. The van der Waals surface area contributed by atoms with Crippen molar-refractivity contribution in [1.82, 2.24) is 0 Å². The van der Waals surface area contributed by atoms with E-state index in [1.54, 1.807) is 0 Å². The minimum atomic E-state index is -3.15. The zero-order valence-electron chi connectivity index (χ0n) is 10.9. The summed E-state index contributed by atoms with van der Waals surface area (Å²) in [5.41, 5.74) is 10.8. The number of hydrogen-bond acceptors (Lipinski definition) is 8. The van der Waals surface area contributed by atoms with Gasteiger partial charge < -0.3 is 21.5 Å². The van der Waals surface area contributed by atoms with E-state index in [2.05, 4.69) is 10.1 Å². The van der Waals surface area contributed by atoms with Gasteiger partial charge in [0.1, 0.15) is 25.3 Å². The van der Waals surface area contributed by atoms with Crippen LogP contribution in [0.1, 0.15) is 20.0 Å². The van der Waals surface area contributed by atoms with E-state index in [4.69, 9.17) is 11.5 Å². The Hall–Kier alpha value is -1.81. The number of sulfone groups is 1. The highest BCUT2D eigenvalue weighted by Gasteiger charge is 2.25. The molecule has 0 atom stereocenters. The fraction of sp³-hybridized carbons (Fsp3) is 0.400. The van der Waals surface area contributed by atoms with Crippen LogP contribution < -0.4 is 16.8 Å². The number of rotatable bonds is 6. The van der Waals surface area contributed by atoms with E-state index in [9.17, 15) is 18.0 Å². The fourth-order valence-corrected chi connectivity index (χ4v) is 2.87. The van der Waals surface area contributed by atoms with Gasteiger partial charge in [0, 0.05) is 12.8 Å². The van der Waals surface area contributed by atoms with Crippen LogP contribution in [-0.4, -0.2) is 46.0 Å². The average molecular weight is 321 g/mol. The summed E-state index contributed by atoms with van der Waals surface area (Å²) in [5, 5.41) is 3.01. The highest BCUT2D eigenvalue weighted by Crippen LogP contribution is 2.35. The van der Waals surface area contributed by atoms with Crippen molar-refractivity contribution >= 4 is 43.7 Å². The van der Waals surface area contributed by atoms with E-state index in [1.807, 2.05) is 0 Å². The molecule has 1 rings (SSSR count). The number of ether oxygens (including phenoxy) is 1. The lowest BCUT2D eigenvalue weighted by atomic mass is 10.2. The summed E-state index contributed by atoms with van der Waals surface area (Å²) in [5.74, 6) is -1.63. The Morgan fingerprint density at radius 2 is 2.00 bits per heavy atom. The molecular formula is C10H15N3O5S2. The topological polar surface area (TPSA) is 142 Å². The number of thiophene rings is 1. The Morgan fingerprint density at radius 1 is 1.40 bits per heavy atom. The molecule has 0 unspecified atom stereocenters. The highest BCUT2D eigenvalue weighted by molar-refractivity contribution is 7.90. The van der Waals surface area contributed by atoms with Gasteiger partial charge in [0.05, 0.1) is 18.6 Å². The van der Waals surface area contributed by atoms with Gasteiger partial charge in [-0.2, -0.15) is 0 Å². The van der Waals surface area contributed by atoms with Gasteiger partial charge in [-0.25, -0.2) is 13.2 Å². The van der Waals surface area contributed by atoms with Crippen LogP contribution in [0.15, 0.2) is 0 Å². The van der Waals surface area contributed by atoms with Crippen LogP contribution in [0.25, 0.3) is 0 Å². The number of primary amides is 1. The molecule has 0 aliphatic heterocycles. The van der Waals surface area contributed by atoms with Crippen molar-refractivity contribution in [2.45, 2.75) is 0 Å². The Labute approximate surface area is 120 Å². The van der Waals surface area contributed by atoms with Crippen molar-refractivity contribution in [3.05, 3.63) is 10.4 Å². The Kier molecular flexibility index (Phi) is 4.95. The minimum absolute atomic E-state index is 0.0141. The van der Waals surface area contributed by atoms with Crippen LogP contribution in [0.5, 0.6) is 0 Å². The predicted octanol–water partition coefficient (Wildman–Crippen LogP) is -0.328. The molecule has 8 nitrogen and oxygen atoms in total. The molecule has 0 saturated carbocycles. The molecular weight excluding hydrogens is 306 g/mol. The van der Waals surface area contributed by atoms with Gasteiger partial charge in [-0.15, -0.1) is 11.3 Å². The standard InChI is InChI=1S/C10H15N3O5S2/c1-18-10(15)5-6(11)7(8(12)14)19-9(5)13-3-4-20(2,16)17/h13H,3-4,11H2,1-2H3,(H2,12,14). The molecule has 5 N–H and O–H groups in total. The SMILES string of the molecule is COC(=O)c1c(NCCS(C)(=O)=O)sc(C(N)=O)c1N. The highest BCUT2D eigenvalue weighted by atomic mass is 32.2. The minimum Gasteiger partial charge on any atom is -0.465 e. The molecule has 0 aliphatic rings. The molecule has 1 heterocycles. The number of anilines is 2. The van der Waals surface area contributed by atoms with Crippen LogP contribution in [0.4, 0.5) is 10.7 Å². The third kappa shape index (κ3) is 3.84. The largest absolute Gasteiger partial charge is 0.465 e. The number of hydrogen-bond donors (Lipinski definition) is 3. The van der Waals surface area contributed by atoms with Gasteiger partial charge >= 0.3 is 5.97 Å². The second-order valence-corrected chi connectivity index (χ2v) is 7.24. The molecule has 112 valence electrons. The zero-order chi connectivity index (χ0) is 15.5. The second-order valence-electron chi connectivity index (χ2n) is 3.96. The Morgan fingerprint density at radius 3 is 2.45 bits per heavy atom. The molecule has 20 heavy (non-hydrogen) atoms. The lowest BCUT2D eigenvalue weighted by Crippen LogP contribution is -2.15. The normalized spacial score (nSPS) is 11.1. The van der Waals surface area contributed by atoms with Gasteiger partial charge in [0.15, 0.2) is 0 Å². The summed E-state index contributed by atoms with van der Waals surface area (Å²) in [7, 11) is -1.98. The van der Waals surface area contributed by atoms with Crippen molar-refractivity contribution in [3.63, 3.8) is 0 Å². The van der Waals surface area contributed by atoms with Crippen molar-refractivity contribution < 1.29 is 22.7 Å². The molecule has 0 radical (unpaired) electrons. The van der Waals surface area contributed by atoms with Crippen LogP contribution >= 0.6 is 11.3 Å². The molecule has 0 fully saturated rings. The smallest absolute Gasteiger partial charge is 0.343 e. The van der Waals surface area contributed by atoms with Crippen molar-refractivity contribution in [3.8, 4) is 0 Å². The van der Waals surface area contributed by atoms with Gasteiger partial charge in [0.2, 0.25) is 0 Å². The van der Waals surface area contributed by atoms with Crippen molar-refractivity contribution in [2.75, 3.05) is 36.7 Å². The molecule has 10 heteroatoms. The molecule has 0 aromatic carbocycles. The number of carbonyl (C=O) groups excluding carboxylic acids is 2. The first kappa shape index (κ1) is 16.2. The molecule has 1 aromatic rings. The van der Waals surface area contributed by atoms with Crippen LogP contribution in [-0.2, 0) is 14.6 Å². The van der Waals surface area contributed by atoms with E-state index in [1.165, 1.54) is 7.11 Å². The maximum absolute atomic E-state index is 11.6. The van der Waals surface area contributed by atoms with Crippen LogP contribution in [0.3, 0.4) is 0 Å². The predicted molar refractivity (Wildman–Crippen MR) is 76.8 cm³/mol. The molecule has 0 aliphatic carbocycles. The number of amides is 1. The monoisotopic (exact) mass is 321 g/mol. The van der Waals surface area contributed by atoms with E-state index >= 15 is 0 Å². The third-order valence-corrected chi connectivity index (χ3v) is 4.44. The lowest BCUT2D eigenvalue weighted by molar-refractivity contribution is 0.0603. The van der Waals surface area contributed by atoms with Gasteiger partial charge in [0.25, 0.3) is 5.91 Å². The van der Waals surface area contributed by atoms with Crippen molar-refractivity contribution in [2.24, 2.45) is 5.73 Å². The molecule has 0 saturated heterocycles. The lowest BCUT2D eigenvalue weighted by Gasteiger charge is -2.05. The maximum atomic E-state index is 11.6. The summed E-state index contributed by atoms with van der Waals surface area (Å²) < 4.78 is 26.7. The van der Waals surface area contributed by atoms with Gasteiger partial charge in [-0.05, 0) is 0 Å². The number of nitrogens with one attached hydrogen (secondary N) is 1. The number of esters is 1. The van der Waals surface area contributed by atoms with Crippen LogP contribution in [0, 0.1) is 0 Å². The maximum Gasteiger partial charge on any atom is 0.343 e. The molecule has 1 aromatic heterocycles. The molecule has 0 bridgehead atoms. The number of nitrogens with two attached hydrogens (primary N) is 2. The van der Waals surface area contributed by atoms with Gasteiger partial charge in [-0.1, -0.05) is 0 Å². The molecule has 0 spiro atoms. The average Bonchev–Trinajstić information content (AvgIpc) is 2.64.